The predicted octanol–water partition coefficient (Wildman–Crippen LogP) is 4.87. The minimum Gasteiger partial charge on any atom is -0.508 e. The zero-order valence-electron chi connectivity index (χ0n) is 17.9. The number of phenols is 1. The molecule has 0 bridgehead atoms. The average Bonchev–Trinajstić information content (AvgIpc) is 3.43. The van der Waals surface area contributed by atoms with E-state index in [1.54, 1.807) is 66.2 Å². The maximum absolute atomic E-state index is 13.4. The molecule has 0 fully saturated rings. The molecule has 0 saturated carbocycles. The number of aromatic nitrogens is 4. The molecule has 0 aliphatic carbocycles. The van der Waals surface area contributed by atoms with E-state index in [0.717, 1.165) is 0 Å². The van der Waals surface area contributed by atoms with E-state index in [-0.39, 0.29) is 29.9 Å². The van der Waals surface area contributed by atoms with Gasteiger partial charge in [0.05, 0.1) is 12.1 Å². The second kappa shape index (κ2) is 8.57. The lowest BCUT2D eigenvalue weighted by molar-refractivity contribution is 0.0938. The lowest BCUT2D eigenvalue weighted by Gasteiger charge is -2.06. The predicted molar refractivity (Wildman–Crippen MR) is 125 cm³/mol. The molecule has 34 heavy (non-hydrogen) atoms. The fourth-order valence-corrected chi connectivity index (χ4v) is 3.97. The number of carbonyl (C=O) groups excluding carboxylic acids is 2. The zero-order chi connectivity index (χ0) is 23.8. The van der Waals surface area contributed by atoms with Crippen LogP contribution in [0.1, 0.15) is 32.3 Å². The second-order valence-corrected chi connectivity index (χ2v) is 8.07. The number of phenolic OH excluding ortho intramolecular Hbond substituents is 1. The Bertz CT molecular complexity index is 1540. The molecule has 0 amide bonds. The third kappa shape index (κ3) is 3.84. The van der Waals surface area contributed by atoms with Crippen molar-refractivity contribution in [3.05, 3.63) is 94.6 Å². The highest BCUT2D eigenvalue weighted by molar-refractivity contribution is 6.30. The van der Waals surface area contributed by atoms with E-state index in [2.05, 4.69) is 15.2 Å². The second-order valence-electron chi connectivity index (χ2n) is 7.63. The number of ketones is 2. The molecule has 1 N–H and O–H groups in total. The summed E-state index contributed by atoms with van der Waals surface area (Å²) < 4.78 is 7.24. The molecular weight excluding hydrogens is 456 g/mol. The van der Waals surface area contributed by atoms with Gasteiger partial charge in [-0.1, -0.05) is 17.7 Å². The van der Waals surface area contributed by atoms with Crippen LogP contribution in [0.4, 0.5) is 0 Å². The van der Waals surface area contributed by atoms with Gasteiger partial charge in [0.25, 0.3) is 11.8 Å². The molecule has 0 spiro atoms. The van der Waals surface area contributed by atoms with Crippen LogP contribution < -0.4 is 0 Å². The van der Waals surface area contributed by atoms with Gasteiger partial charge in [-0.25, -0.2) is 0 Å². The van der Waals surface area contributed by atoms with Crippen LogP contribution in [0.5, 0.6) is 5.75 Å². The number of pyridine rings is 1. The third-order valence-electron chi connectivity index (χ3n) is 5.49. The number of benzene rings is 2. The Morgan fingerprint density at radius 3 is 2.59 bits per heavy atom. The van der Waals surface area contributed by atoms with Crippen LogP contribution in [0.3, 0.4) is 0 Å². The van der Waals surface area contributed by atoms with Gasteiger partial charge in [0, 0.05) is 33.4 Å². The highest BCUT2D eigenvalue weighted by Crippen LogP contribution is 2.31. The third-order valence-corrected chi connectivity index (χ3v) is 5.74. The molecule has 0 saturated heterocycles. The number of aromatic hydroxyl groups is 1. The SMILES string of the molecule is Cc1c(C(=O)c2ccc(Cl)cc2)c2cc(O)ccc2n1CC(=O)c1nnc(-c2ccccn2)o1. The molecule has 8 nitrogen and oxygen atoms in total. The van der Waals surface area contributed by atoms with E-state index in [4.69, 9.17) is 16.0 Å². The number of halogens is 1. The standard InChI is InChI=1S/C25H17ClN4O4/c1-14-22(23(33)15-5-7-16(26)8-6-15)18-12-17(31)9-10-20(18)30(14)13-21(32)25-29-28-24(34-25)19-4-2-3-11-27-19/h2-12,31H,13H2,1H3. The number of hydrogen-bond acceptors (Lipinski definition) is 7. The van der Waals surface area contributed by atoms with E-state index in [1.165, 1.54) is 12.1 Å². The first-order chi connectivity index (χ1) is 16.4. The van der Waals surface area contributed by atoms with Crippen molar-refractivity contribution in [2.75, 3.05) is 0 Å². The van der Waals surface area contributed by atoms with Gasteiger partial charge in [-0.2, -0.15) is 0 Å². The van der Waals surface area contributed by atoms with E-state index < -0.39 is 5.78 Å². The molecule has 2 aromatic carbocycles. The summed E-state index contributed by atoms with van der Waals surface area (Å²) in [7, 11) is 0. The maximum Gasteiger partial charge on any atom is 0.286 e. The van der Waals surface area contributed by atoms with E-state index in [0.29, 0.717) is 38.4 Å². The average molecular weight is 473 g/mol. The molecule has 3 heterocycles. The summed E-state index contributed by atoms with van der Waals surface area (Å²) in [4.78, 5) is 30.5. The first-order valence-electron chi connectivity index (χ1n) is 10.3. The van der Waals surface area contributed by atoms with Crippen molar-refractivity contribution >= 4 is 34.1 Å². The first kappa shape index (κ1) is 21.5. The van der Waals surface area contributed by atoms with Crippen LogP contribution in [-0.2, 0) is 6.54 Å². The number of Topliss-reactive ketones (excluding diaryl/α,β-unsaturated/α-hetero) is 1. The number of rotatable bonds is 6. The van der Waals surface area contributed by atoms with Gasteiger partial charge >= 0.3 is 0 Å². The molecule has 5 rings (SSSR count). The topological polar surface area (TPSA) is 111 Å². The van der Waals surface area contributed by atoms with Gasteiger partial charge in [-0.05, 0) is 61.5 Å². The highest BCUT2D eigenvalue weighted by atomic mass is 35.5. The molecule has 168 valence electrons. The van der Waals surface area contributed by atoms with Crippen molar-refractivity contribution in [1.82, 2.24) is 19.7 Å². The van der Waals surface area contributed by atoms with Crippen LogP contribution in [0.2, 0.25) is 5.02 Å². The van der Waals surface area contributed by atoms with E-state index >= 15 is 0 Å². The minimum atomic E-state index is -0.423. The largest absolute Gasteiger partial charge is 0.508 e. The summed E-state index contributed by atoms with van der Waals surface area (Å²) in [5.41, 5.74) is 2.48. The Labute approximate surface area is 198 Å². The van der Waals surface area contributed by atoms with Crippen LogP contribution in [0, 0.1) is 6.92 Å². The molecule has 0 radical (unpaired) electrons. The molecular formula is C25H17ClN4O4. The van der Waals surface area contributed by atoms with Crippen molar-refractivity contribution < 1.29 is 19.1 Å². The molecule has 0 aliphatic rings. The van der Waals surface area contributed by atoms with Crippen LogP contribution in [0.15, 0.2) is 71.3 Å². The molecule has 5 aromatic rings. The number of fused-ring (bicyclic) bond motifs is 1. The lowest BCUT2D eigenvalue weighted by atomic mass is 10.0. The summed E-state index contributed by atoms with van der Waals surface area (Å²) >= 11 is 5.96. The van der Waals surface area contributed by atoms with Crippen molar-refractivity contribution in [3.8, 4) is 17.3 Å². The quantitative estimate of drug-likeness (QED) is 0.351. The highest BCUT2D eigenvalue weighted by Gasteiger charge is 2.24. The summed E-state index contributed by atoms with van der Waals surface area (Å²) in [5.74, 6) is -0.676. The van der Waals surface area contributed by atoms with Gasteiger partial charge in [0.15, 0.2) is 5.78 Å². The molecule has 3 aromatic heterocycles. The summed E-state index contributed by atoms with van der Waals surface area (Å²) in [6.45, 7) is 1.62. The Kier molecular flexibility index (Phi) is 5.43. The van der Waals surface area contributed by atoms with E-state index in [9.17, 15) is 14.7 Å². The Morgan fingerprint density at radius 2 is 1.85 bits per heavy atom. The molecule has 9 heteroatoms. The smallest absolute Gasteiger partial charge is 0.286 e. The van der Waals surface area contributed by atoms with Gasteiger partial charge in [0.2, 0.25) is 5.78 Å². The van der Waals surface area contributed by atoms with Crippen molar-refractivity contribution in [2.24, 2.45) is 0 Å². The molecule has 0 aliphatic heterocycles. The fourth-order valence-electron chi connectivity index (χ4n) is 3.85. The number of hydrogen-bond donors (Lipinski definition) is 1. The zero-order valence-corrected chi connectivity index (χ0v) is 18.7. The minimum absolute atomic E-state index is 0.0121. The lowest BCUT2D eigenvalue weighted by Crippen LogP contribution is -2.13. The van der Waals surface area contributed by atoms with Gasteiger partial charge in [-0.15, -0.1) is 10.2 Å². The van der Waals surface area contributed by atoms with Crippen LogP contribution in [0.25, 0.3) is 22.5 Å². The maximum atomic E-state index is 13.4. The molecule has 0 unspecified atom stereocenters. The monoisotopic (exact) mass is 472 g/mol. The fraction of sp³-hybridized carbons (Fsp3) is 0.0800. The normalized spacial score (nSPS) is 11.1. The Morgan fingerprint density at radius 1 is 1.06 bits per heavy atom. The molecule has 0 atom stereocenters. The van der Waals surface area contributed by atoms with Gasteiger partial charge in [0.1, 0.15) is 11.4 Å². The first-order valence-corrected chi connectivity index (χ1v) is 10.7. The van der Waals surface area contributed by atoms with Gasteiger partial charge < -0.3 is 14.1 Å². The Balaban J connectivity index is 1.53. The van der Waals surface area contributed by atoms with Gasteiger partial charge in [-0.3, -0.25) is 14.6 Å². The van der Waals surface area contributed by atoms with Crippen LogP contribution >= 0.6 is 11.6 Å². The van der Waals surface area contributed by atoms with Crippen LogP contribution in [-0.4, -0.2) is 36.4 Å². The van der Waals surface area contributed by atoms with Crippen molar-refractivity contribution in [2.45, 2.75) is 13.5 Å². The summed E-state index contributed by atoms with van der Waals surface area (Å²) in [6, 6.07) is 16.5. The van der Waals surface area contributed by atoms with E-state index in [1.807, 2.05) is 0 Å². The summed E-state index contributed by atoms with van der Waals surface area (Å²) in [6.07, 6.45) is 1.59. The van der Waals surface area contributed by atoms with Crippen molar-refractivity contribution in [3.63, 3.8) is 0 Å². The summed E-state index contributed by atoms with van der Waals surface area (Å²) in [5, 5.41) is 18.9. The Hall–Kier alpha value is -4.30. The van der Waals surface area contributed by atoms with Crippen molar-refractivity contribution in [1.29, 1.82) is 0 Å². The number of nitrogens with zero attached hydrogens (tertiary/aromatic N) is 4. The number of carbonyl (C=O) groups is 2.